The zero-order chi connectivity index (χ0) is 17.6. The number of carbonyl (C=O) groups excluding carboxylic acids is 2. The van der Waals surface area contributed by atoms with Crippen molar-refractivity contribution in [3.05, 3.63) is 35.9 Å². The van der Waals surface area contributed by atoms with Crippen LogP contribution in [-0.4, -0.2) is 54.3 Å². The van der Waals surface area contributed by atoms with Crippen molar-refractivity contribution in [2.24, 2.45) is 11.8 Å². The van der Waals surface area contributed by atoms with Crippen LogP contribution in [0, 0.1) is 11.8 Å². The monoisotopic (exact) mass is 379 g/mol. The van der Waals surface area contributed by atoms with Crippen molar-refractivity contribution in [2.45, 2.75) is 32.7 Å². The Bertz CT molecular complexity index is 582. The number of halogens is 1. The molecule has 2 atom stereocenters. The molecule has 2 fully saturated rings. The molecule has 1 aromatic rings. The average Bonchev–Trinajstić information content (AvgIpc) is 2.97. The van der Waals surface area contributed by atoms with Crippen molar-refractivity contribution in [3.8, 4) is 0 Å². The van der Waals surface area contributed by atoms with Crippen LogP contribution < -0.4 is 5.32 Å². The summed E-state index contributed by atoms with van der Waals surface area (Å²) in [4.78, 5) is 28.3. The van der Waals surface area contributed by atoms with Crippen LogP contribution in [0.4, 0.5) is 0 Å². The number of hydrogen-bond acceptors (Lipinski definition) is 3. The van der Waals surface area contributed by atoms with E-state index in [0.717, 1.165) is 56.4 Å². The number of nitrogens with zero attached hydrogens (tertiary/aromatic N) is 2. The fourth-order valence-corrected chi connectivity index (χ4v) is 4.01. The number of amides is 2. The Balaban J connectivity index is 0.00000243. The van der Waals surface area contributed by atoms with Crippen LogP contribution in [0.5, 0.6) is 0 Å². The molecule has 26 heavy (non-hydrogen) atoms. The van der Waals surface area contributed by atoms with Crippen molar-refractivity contribution >= 4 is 24.2 Å². The van der Waals surface area contributed by atoms with Crippen LogP contribution in [-0.2, 0) is 16.1 Å². The van der Waals surface area contributed by atoms with Gasteiger partial charge in [0.2, 0.25) is 11.8 Å². The van der Waals surface area contributed by atoms with Gasteiger partial charge in [0.25, 0.3) is 0 Å². The van der Waals surface area contributed by atoms with E-state index in [0.29, 0.717) is 19.5 Å². The third-order valence-corrected chi connectivity index (χ3v) is 5.63. The minimum absolute atomic E-state index is 0. The van der Waals surface area contributed by atoms with E-state index >= 15 is 0 Å². The van der Waals surface area contributed by atoms with Crippen molar-refractivity contribution in [2.75, 3.05) is 32.7 Å². The number of benzene rings is 1. The maximum Gasteiger partial charge on any atom is 0.224 e. The van der Waals surface area contributed by atoms with Gasteiger partial charge in [-0.1, -0.05) is 30.3 Å². The fraction of sp³-hybridized carbons (Fsp3) is 0.600. The predicted molar refractivity (Wildman–Crippen MR) is 105 cm³/mol. The Morgan fingerprint density at radius 2 is 1.73 bits per heavy atom. The molecule has 1 aromatic carbocycles. The van der Waals surface area contributed by atoms with Gasteiger partial charge in [0.15, 0.2) is 0 Å². The van der Waals surface area contributed by atoms with E-state index in [1.807, 2.05) is 35.2 Å². The topological polar surface area (TPSA) is 52.7 Å². The zero-order valence-corrected chi connectivity index (χ0v) is 16.3. The average molecular weight is 380 g/mol. The summed E-state index contributed by atoms with van der Waals surface area (Å²) in [5, 5.41) is 3.46. The molecular formula is C20H30ClN3O2. The molecule has 2 aliphatic rings. The number of hydrogen-bond donors (Lipinski definition) is 1. The molecule has 2 amide bonds. The van der Waals surface area contributed by atoms with Gasteiger partial charge in [0.1, 0.15) is 0 Å². The van der Waals surface area contributed by atoms with E-state index in [-0.39, 0.29) is 24.2 Å². The number of fused-ring (bicyclic) bond motifs is 1. The summed E-state index contributed by atoms with van der Waals surface area (Å²) in [6.45, 7) is 6.56. The molecule has 0 saturated carbocycles. The quantitative estimate of drug-likeness (QED) is 0.854. The second-order valence-electron chi connectivity index (χ2n) is 7.31. The molecule has 0 bridgehead atoms. The predicted octanol–water partition coefficient (Wildman–Crippen LogP) is 2.31. The lowest BCUT2D eigenvalue weighted by molar-refractivity contribution is -0.133. The molecule has 6 heteroatoms. The summed E-state index contributed by atoms with van der Waals surface area (Å²) < 4.78 is 0. The van der Waals surface area contributed by atoms with Crippen molar-refractivity contribution < 1.29 is 9.59 Å². The molecule has 1 N–H and O–H groups in total. The highest BCUT2D eigenvalue weighted by atomic mass is 35.5. The van der Waals surface area contributed by atoms with Gasteiger partial charge < -0.3 is 15.1 Å². The first-order chi connectivity index (χ1) is 12.1. The Kier molecular flexibility index (Phi) is 7.91. The van der Waals surface area contributed by atoms with Gasteiger partial charge in [-0.25, -0.2) is 0 Å². The van der Waals surface area contributed by atoms with Gasteiger partial charge in [-0.05, 0) is 43.3 Å². The molecule has 0 unspecified atom stereocenters. The Morgan fingerprint density at radius 3 is 2.31 bits per heavy atom. The molecule has 5 nitrogen and oxygen atoms in total. The fourth-order valence-electron chi connectivity index (χ4n) is 4.01. The normalized spacial score (nSPS) is 22.1. The van der Waals surface area contributed by atoms with Gasteiger partial charge in [-0.3, -0.25) is 9.59 Å². The van der Waals surface area contributed by atoms with Gasteiger partial charge in [-0.15, -0.1) is 12.4 Å². The molecule has 0 aliphatic carbocycles. The summed E-state index contributed by atoms with van der Waals surface area (Å²) in [6.07, 6.45) is 2.62. The van der Waals surface area contributed by atoms with E-state index in [4.69, 9.17) is 0 Å². The van der Waals surface area contributed by atoms with Crippen molar-refractivity contribution in [1.82, 2.24) is 15.1 Å². The number of rotatable bonds is 5. The molecular weight excluding hydrogens is 350 g/mol. The Morgan fingerprint density at radius 1 is 1.12 bits per heavy atom. The smallest absolute Gasteiger partial charge is 0.224 e. The van der Waals surface area contributed by atoms with Gasteiger partial charge in [0.05, 0.1) is 0 Å². The summed E-state index contributed by atoms with van der Waals surface area (Å²) in [5.74, 6) is 1.66. The molecule has 0 radical (unpaired) electrons. The highest BCUT2D eigenvalue weighted by molar-refractivity contribution is 5.85. The molecule has 3 rings (SSSR count). The number of carbonyl (C=O) groups is 2. The number of nitrogens with one attached hydrogen (secondary N) is 1. The second-order valence-corrected chi connectivity index (χ2v) is 7.31. The molecule has 0 spiro atoms. The molecule has 144 valence electrons. The zero-order valence-electron chi connectivity index (χ0n) is 15.5. The van der Waals surface area contributed by atoms with Crippen LogP contribution in [0.2, 0.25) is 0 Å². The highest BCUT2D eigenvalue weighted by Gasteiger charge is 2.31. The van der Waals surface area contributed by atoms with E-state index in [2.05, 4.69) is 5.32 Å². The molecule has 2 heterocycles. The lowest BCUT2D eigenvalue weighted by atomic mass is 9.92. The summed E-state index contributed by atoms with van der Waals surface area (Å²) in [5.41, 5.74) is 1.10. The first-order valence-electron chi connectivity index (χ1n) is 9.41. The van der Waals surface area contributed by atoms with Gasteiger partial charge >= 0.3 is 0 Å². The van der Waals surface area contributed by atoms with E-state index < -0.39 is 0 Å². The van der Waals surface area contributed by atoms with Crippen molar-refractivity contribution in [3.63, 3.8) is 0 Å². The summed E-state index contributed by atoms with van der Waals surface area (Å²) >= 11 is 0. The Labute approximate surface area is 162 Å². The largest absolute Gasteiger partial charge is 0.343 e. The standard InChI is InChI=1S/C20H29N3O2.ClH/c1-16(24)23(15-17-5-3-2-4-6-17)12-9-20(25)22-10-7-18-13-21-14-19(18)8-11-22;/h2-6,18-19,21H,7-15H2,1H3;1H/t18-,19+;. The Hall–Kier alpha value is -1.59. The minimum Gasteiger partial charge on any atom is -0.343 e. The third kappa shape index (κ3) is 5.45. The maximum absolute atomic E-state index is 12.6. The summed E-state index contributed by atoms with van der Waals surface area (Å²) in [6, 6.07) is 9.94. The van der Waals surface area contributed by atoms with Crippen LogP contribution in [0.1, 0.15) is 31.7 Å². The maximum atomic E-state index is 12.6. The first-order valence-corrected chi connectivity index (χ1v) is 9.41. The SMILES string of the molecule is CC(=O)N(CCC(=O)N1CC[C@@H]2CNC[C@@H]2CC1)Cc1ccccc1.Cl. The van der Waals surface area contributed by atoms with Gasteiger partial charge in [-0.2, -0.15) is 0 Å². The van der Waals surface area contributed by atoms with E-state index in [9.17, 15) is 9.59 Å². The highest BCUT2D eigenvalue weighted by Crippen LogP contribution is 2.27. The van der Waals surface area contributed by atoms with Crippen LogP contribution >= 0.6 is 12.4 Å². The minimum atomic E-state index is 0. The third-order valence-electron chi connectivity index (χ3n) is 5.63. The van der Waals surface area contributed by atoms with Crippen LogP contribution in [0.15, 0.2) is 30.3 Å². The molecule has 2 aliphatic heterocycles. The molecule has 2 saturated heterocycles. The lowest BCUT2D eigenvalue weighted by Gasteiger charge is -2.25. The van der Waals surface area contributed by atoms with Crippen LogP contribution in [0.3, 0.4) is 0 Å². The van der Waals surface area contributed by atoms with E-state index in [1.54, 1.807) is 11.8 Å². The number of likely N-dealkylation sites (tertiary alicyclic amines) is 1. The van der Waals surface area contributed by atoms with E-state index in [1.165, 1.54) is 0 Å². The van der Waals surface area contributed by atoms with Crippen LogP contribution in [0.25, 0.3) is 0 Å². The van der Waals surface area contributed by atoms with Crippen molar-refractivity contribution in [1.29, 1.82) is 0 Å². The summed E-state index contributed by atoms with van der Waals surface area (Å²) in [7, 11) is 0. The second kappa shape index (κ2) is 9.93. The first kappa shape index (κ1) is 20.7. The molecule has 0 aromatic heterocycles. The van der Waals surface area contributed by atoms with Gasteiger partial charge in [0, 0.05) is 39.5 Å². The lowest BCUT2D eigenvalue weighted by Crippen LogP contribution is -2.37.